The number of nitro groups is 1. The monoisotopic (exact) mass is 458 g/mol. The van der Waals surface area contributed by atoms with Crippen molar-refractivity contribution in [1.82, 2.24) is 9.97 Å². The number of aromatic nitrogens is 2. The Hall–Kier alpha value is -3.10. The highest BCUT2D eigenvalue weighted by Crippen LogP contribution is 2.33. The number of rotatable bonds is 6. The molecule has 0 aliphatic carbocycles. The third kappa shape index (κ3) is 4.98. The standard InChI is InChI=1S/C21H20Cl2N6O2/c22-16-6-4-15(5-7-16)13-24-20-19(29(30)31)21(26-14-25-20)28-10-8-27(9-11-28)18-3-1-2-17(23)12-18/h1-7,12,14H,8-11,13H2,(H,24,25,26). The van der Waals surface area contributed by atoms with E-state index in [1.807, 2.05) is 41.3 Å². The smallest absolute Gasteiger partial charge is 0.353 e. The minimum Gasteiger partial charge on any atom is -0.368 e. The lowest BCUT2D eigenvalue weighted by Crippen LogP contribution is -2.47. The summed E-state index contributed by atoms with van der Waals surface area (Å²) in [6.45, 7) is 2.99. The van der Waals surface area contributed by atoms with Crippen LogP contribution in [-0.4, -0.2) is 41.1 Å². The number of nitrogens with zero attached hydrogens (tertiary/aromatic N) is 5. The van der Waals surface area contributed by atoms with E-state index in [9.17, 15) is 10.1 Å². The van der Waals surface area contributed by atoms with Crippen LogP contribution in [0.1, 0.15) is 5.56 Å². The van der Waals surface area contributed by atoms with Gasteiger partial charge in [-0.3, -0.25) is 10.1 Å². The van der Waals surface area contributed by atoms with Gasteiger partial charge in [-0.2, -0.15) is 0 Å². The van der Waals surface area contributed by atoms with Gasteiger partial charge in [-0.1, -0.05) is 41.4 Å². The van der Waals surface area contributed by atoms with E-state index in [0.717, 1.165) is 11.3 Å². The largest absolute Gasteiger partial charge is 0.368 e. The Morgan fingerprint density at radius 1 is 0.968 bits per heavy atom. The number of anilines is 3. The van der Waals surface area contributed by atoms with Gasteiger partial charge in [0.2, 0.25) is 11.6 Å². The summed E-state index contributed by atoms with van der Waals surface area (Å²) in [4.78, 5) is 23.9. The van der Waals surface area contributed by atoms with Crippen LogP contribution in [0.25, 0.3) is 0 Å². The molecule has 4 rings (SSSR count). The molecule has 0 unspecified atom stereocenters. The molecule has 160 valence electrons. The molecule has 3 aromatic rings. The zero-order valence-corrected chi connectivity index (χ0v) is 18.1. The molecule has 1 aliphatic rings. The molecule has 0 atom stereocenters. The molecule has 2 aromatic carbocycles. The van der Waals surface area contributed by atoms with E-state index in [0.29, 0.717) is 48.6 Å². The first kappa shape index (κ1) is 21.1. The Bertz CT molecular complexity index is 1070. The summed E-state index contributed by atoms with van der Waals surface area (Å²) in [6, 6.07) is 14.9. The first-order chi connectivity index (χ1) is 15.0. The third-order valence-corrected chi connectivity index (χ3v) is 5.60. The molecular formula is C21H20Cl2N6O2. The summed E-state index contributed by atoms with van der Waals surface area (Å²) in [5.41, 5.74) is 1.86. The van der Waals surface area contributed by atoms with Crippen LogP contribution in [0.2, 0.25) is 10.0 Å². The summed E-state index contributed by atoms with van der Waals surface area (Å²) >= 11 is 12.0. The molecule has 1 fully saturated rings. The van der Waals surface area contributed by atoms with E-state index in [1.54, 1.807) is 12.1 Å². The van der Waals surface area contributed by atoms with Gasteiger partial charge in [-0.15, -0.1) is 0 Å². The fraction of sp³-hybridized carbons (Fsp3) is 0.238. The van der Waals surface area contributed by atoms with Crippen molar-refractivity contribution in [3.63, 3.8) is 0 Å². The van der Waals surface area contributed by atoms with Crippen LogP contribution in [0.4, 0.5) is 23.0 Å². The van der Waals surface area contributed by atoms with Gasteiger partial charge in [0.25, 0.3) is 0 Å². The Labute approximate surface area is 189 Å². The van der Waals surface area contributed by atoms with Crippen LogP contribution in [0.15, 0.2) is 54.9 Å². The van der Waals surface area contributed by atoms with Crippen LogP contribution in [0, 0.1) is 10.1 Å². The highest BCUT2D eigenvalue weighted by Gasteiger charge is 2.29. The van der Waals surface area contributed by atoms with Crippen LogP contribution in [0.3, 0.4) is 0 Å². The fourth-order valence-corrected chi connectivity index (χ4v) is 3.85. The zero-order chi connectivity index (χ0) is 21.8. The van der Waals surface area contributed by atoms with E-state index in [4.69, 9.17) is 23.2 Å². The molecule has 1 aliphatic heterocycles. The highest BCUT2D eigenvalue weighted by atomic mass is 35.5. The SMILES string of the molecule is O=[N+]([O-])c1c(NCc2ccc(Cl)cc2)ncnc1N1CCN(c2cccc(Cl)c2)CC1. The Kier molecular flexibility index (Phi) is 6.39. The molecular weight excluding hydrogens is 439 g/mol. The topological polar surface area (TPSA) is 87.4 Å². The van der Waals surface area contributed by atoms with Crippen molar-refractivity contribution in [2.75, 3.05) is 41.3 Å². The Balaban J connectivity index is 1.50. The van der Waals surface area contributed by atoms with E-state index < -0.39 is 4.92 Å². The van der Waals surface area contributed by atoms with Gasteiger partial charge in [0.15, 0.2) is 0 Å². The molecule has 2 heterocycles. The quantitative estimate of drug-likeness (QED) is 0.425. The molecule has 1 N–H and O–H groups in total. The third-order valence-electron chi connectivity index (χ3n) is 5.11. The van der Waals surface area contributed by atoms with E-state index >= 15 is 0 Å². The number of hydrogen-bond acceptors (Lipinski definition) is 7. The second-order valence-electron chi connectivity index (χ2n) is 7.09. The number of benzene rings is 2. The van der Waals surface area contributed by atoms with Crippen LogP contribution < -0.4 is 15.1 Å². The zero-order valence-electron chi connectivity index (χ0n) is 16.5. The highest BCUT2D eigenvalue weighted by molar-refractivity contribution is 6.31. The molecule has 0 spiro atoms. The molecule has 8 nitrogen and oxygen atoms in total. The molecule has 10 heteroatoms. The predicted molar refractivity (Wildman–Crippen MR) is 123 cm³/mol. The van der Waals surface area contributed by atoms with E-state index in [1.165, 1.54) is 6.33 Å². The summed E-state index contributed by atoms with van der Waals surface area (Å²) in [5, 5.41) is 16.3. The van der Waals surface area contributed by atoms with Gasteiger partial charge in [0, 0.05) is 48.5 Å². The van der Waals surface area contributed by atoms with E-state index in [2.05, 4.69) is 20.2 Å². The molecule has 31 heavy (non-hydrogen) atoms. The second kappa shape index (κ2) is 9.36. The van der Waals surface area contributed by atoms with Gasteiger partial charge in [0.1, 0.15) is 6.33 Å². The predicted octanol–water partition coefficient (Wildman–Crippen LogP) is 4.63. The molecule has 0 radical (unpaired) electrons. The van der Waals surface area contributed by atoms with Crippen molar-refractivity contribution >= 4 is 46.2 Å². The molecule has 1 saturated heterocycles. The summed E-state index contributed by atoms with van der Waals surface area (Å²) in [5.74, 6) is 0.520. The average molecular weight is 459 g/mol. The summed E-state index contributed by atoms with van der Waals surface area (Å²) < 4.78 is 0. The molecule has 0 bridgehead atoms. The van der Waals surface area contributed by atoms with Crippen molar-refractivity contribution < 1.29 is 4.92 Å². The number of nitrogens with one attached hydrogen (secondary N) is 1. The molecule has 1 aromatic heterocycles. The minimum absolute atomic E-state index is 0.118. The lowest BCUT2D eigenvalue weighted by Gasteiger charge is -2.36. The summed E-state index contributed by atoms with van der Waals surface area (Å²) in [6.07, 6.45) is 1.36. The van der Waals surface area contributed by atoms with Gasteiger partial charge in [0.05, 0.1) is 4.92 Å². The van der Waals surface area contributed by atoms with Crippen molar-refractivity contribution in [2.45, 2.75) is 6.54 Å². The molecule has 0 saturated carbocycles. The summed E-state index contributed by atoms with van der Waals surface area (Å²) in [7, 11) is 0. The minimum atomic E-state index is -0.428. The lowest BCUT2D eigenvalue weighted by atomic mass is 10.2. The normalized spacial score (nSPS) is 13.9. The maximum atomic E-state index is 11.9. The Morgan fingerprint density at radius 2 is 1.68 bits per heavy atom. The van der Waals surface area contributed by atoms with Crippen LogP contribution >= 0.6 is 23.2 Å². The van der Waals surface area contributed by atoms with Gasteiger partial charge in [-0.25, -0.2) is 9.97 Å². The molecule has 0 amide bonds. The van der Waals surface area contributed by atoms with Crippen LogP contribution in [-0.2, 0) is 6.54 Å². The van der Waals surface area contributed by atoms with Gasteiger partial charge >= 0.3 is 5.69 Å². The Morgan fingerprint density at radius 3 is 2.35 bits per heavy atom. The first-order valence-corrected chi connectivity index (χ1v) is 10.5. The second-order valence-corrected chi connectivity index (χ2v) is 7.96. The van der Waals surface area contributed by atoms with Crippen molar-refractivity contribution in [2.24, 2.45) is 0 Å². The van der Waals surface area contributed by atoms with Gasteiger partial charge in [-0.05, 0) is 35.9 Å². The number of halogens is 2. The van der Waals surface area contributed by atoms with E-state index in [-0.39, 0.29) is 11.5 Å². The lowest BCUT2D eigenvalue weighted by molar-refractivity contribution is -0.383. The number of hydrogen-bond donors (Lipinski definition) is 1. The maximum absolute atomic E-state index is 11.9. The fourth-order valence-electron chi connectivity index (χ4n) is 3.54. The first-order valence-electron chi connectivity index (χ1n) is 9.74. The van der Waals surface area contributed by atoms with Crippen molar-refractivity contribution in [1.29, 1.82) is 0 Å². The van der Waals surface area contributed by atoms with Crippen molar-refractivity contribution in [3.05, 3.63) is 80.6 Å². The van der Waals surface area contributed by atoms with Crippen molar-refractivity contribution in [3.8, 4) is 0 Å². The van der Waals surface area contributed by atoms with Crippen LogP contribution in [0.5, 0.6) is 0 Å². The average Bonchev–Trinajstić information content (AvgIpc) is 2.78. The number of piperazine rings is 1. The van der Waals surface area contributed by atoms with Gasteiger partial charge < -0.3 is 15.1 Å². The maximum Gasteiger partial charge on any atom is 0.353 e.